The number of rotatable bonds is 11. The summed E-state index contributed by atoms with van der Waals surface area (Å²) in [4.78, 5) is 18.7. The van der Waals surface area contributed by atoms with E-state index in [4.69, 9.17) is 10.4 Å². The fraction of sp³-hybridized carbons (Fsp3) is 0.524. The number of nitrogens with one attached hydrogen (secondary N) is 1. The molecule has 9 heteroatoms. The van der Waals surface area contributed by atoms with Gasteiger partial charge in [-0.05, 0) is 44.2 Å². The molecule has 2 atom stereocenters. The van der Waals surface area contributed by atoms with Crippen LogP contribution in [0.5, 0.6) is 0 Å². The van der Waals surface area contributed by atoms with Crippen molar-refractivity contribution < 1.29 is 14.6 Å². The number of likely N-dealkylation sites (tertiary alicyclic amines) is 1. The fourth-order valence-corrected chi connectivity index (χ4v) is 3.53. The highest BCUT2D eigenvalue weighted by atomic mass is 16.4. The van der Waals surface area contributed by atoms with Gasteiger partial charge in [-0.25, -0.2) is 4.98 Å². The van der Waals surface area contributed by atoms with Crippen LogP contribution < -0.4 is 11.1 Å². The molecule has 161 valence electrons. The van der Waals surface area contributed by atoms with E-state index in [2.05, 4.69) is 27.3 Å². The molecule has 0 spiro atoms. The number of carbonyl (C=O) groups excluding carboxylic acids is 1. The lowest BCUT2D eigenvalue weighted by Gasteiger charge is -2.30. The molecule has 1 saturated heterocycles. The Kier molecular flexibility index (Phi) is 8.04. The first-order valence-electron chi connectivity index (χ1n) is 10.4. The monoisotopic (exact) mass is 412 g/mol. The minimum atomic E-state index is -0.613. The fourth-order valence-electron chi connectivity index (χ4n) is 3.53. The summed E-state index contributed by atoms with van der Waals surface area (Å²) in [5, 5.41) is 12.8. The molecule has 1 aromatic heterocycles. The number of aliphatic hydroxyl groups is 1. The van der Waals surface area contributed by atoms with E-state index >= 15 is 0 Å². The zero-order valence-corrected chi connectivity index (χ0v) is 17.8. The molecule has 1 amide bonds. The topological polar surface area (TPSA) is 106 Å². The number of aliphatic hydroxyl groups excluding tert-OH is 1. The number of nitrogens with two attached hydrogens (primary N) is 1. The lowest BCUT2D eigenvalue weighted by molar-refractivity contribution is -0.123. The van der Waals surface area contributed by atoms with Crippen LogP contribution in [-0.4, -0.2) is 65.9 Å². The Hall–Kier alpha value is -2.20. The number of hydrogen-bond acceptors (Lipinski definition) is 6. The third-order valence-electron chi connectivity index (χ3n) is 5.30. The summed E-state index contributed by atoms with van der Waals surface area (Å²) < 4.78 is 7.14. The maximum atomic E-state index is 12.1. The average Bonchev–Trinajstić information content (AvgIpc) is 3.09. The van der Waals surface area contributed by atoms with Gasteiger partial charge < -0.3 is 25.4 Å². The van der Waals surface area contributed by atoms with Gasteiger partial charge in [0.05, 0.1) is 19.0 Å². The van der Waals surface area contributed by atoms with Gasteiger partial charge in [0.15, 0.2) is 0 Å². The molecule has 3 rings (SSSR count). The van der Waals surface area contributed by atoms with Gasteiger partial charge in [-0.15, -0.1) is 0 Å². The minimum Gasteiger partial charge on any atom is -0.428 e. The Labute approximate surface area is 178 Å². The molecule has 0 aliphatic carbocycles. The van der Waals surface area contributed by atoms with Crippen LogP contribution in [0.1, 0.15) is 30.8 Å². The van der Waals surface area contributed by atoms with Gasteiger partial charge in [-0.2, -0.15) is 0 Å². The minimum absolute atomic E-state index is 0.0245. The zero-order chi connectivity index (χ0) is 21.5. The molecule has 8 nitrogen and oxygen atoms in total. The molecule has 0 saturated carbocycles. The molecule has 2 unspecified atom stereocenters. The Morgan fingerprint density at radius 3 is 2.67 bits per heavy atom. The maximum Gasteiger partial charge on any atom is 0.299 e. The van der Waals surface area contributed by atoms with Gasteiger partial charge in [-0.1, -0.05) is 24.3 Å². The van der Waals surface area contributed by atoms with Crippen molar-refractivity contribution in [3.05, 3.63) is 41.9 Å². The van der Waals surface area contributed by atoms with E-state index in [9.17, 15) is 9.90 Å². The normalized spacial score (nSPS) is 16.0. The summed E-state index contributed by atoms with van der Waals surface area (Å²) in [7, 11) is 3.59. The van der Waals surface area contributed by atoms with Crippen LogP contribution >= 0.6 is 0 Å². The van der Waals surface area contributed by atoms with Crippen molar-refractivity contribution >= 4 is 13.4 Å². The quantitative estimate of drug-likeness (QED) is 0.373. The van der Waals surface area contributed by atoms with Crippen molar-refractivity contribution in [1.82, 2.24) is 19.8 Å². The van der Waals surface area contributed by atoms with Gasteiger partial charge in [0, 0.05) is 25.4 Å². The van der Waals surface area contributed by atoms with Crippen LogP contribution in [0.3, 0.4) is 0 Å². The van der Waals surface area contributed by atoms with Gasteiger partial charge in [0.25, 0.3) is 7.48 Å². The molecule has 1 radical (unpaired) electrons. The van der Waals surface area contributed by atoms with Crippen LogP contribution in [-0.2, 0) is 22.9 Å². The lowest BCUT2D eigenvalue weighted by Crippen LogP contribution is -2.45. The van der Waals surface area contributed by atoms with E-state index in [-0.39, 0.29) is 18.5 Å². The molecule has 1 aromatic carbocycles. The second-order valence-electron chi connectivity index (χ2n) is 7.84. The smallest absolute Gasteiger partial charge is 0.299 e. The third-order valence-corrected chi connectivity index (χ3v) is 5.30. The Morgan fingerprint density at radius 2 is 2.10 bits per heavy atom. The predicted molar refractivity (Wildman–Crippen MR) is 117 cm³/mol. The SMILES string of the molecule is CC(O)c1nc(-c2ccc(CC([B]OCN)CNC(=O)CN3CCC3)cc2)cn1C. The van der Waals surface area contributed by atoms with Crippen LogP contribution in [0.4, 0.5) is 0 Å². The van der Waals surface area contributed by atoms with Crippen LogP contribution in [0.2, 0.25) is 5.82 Å². The van der Waals surface area contributed by atoms with E-state index in [1.165, 1.54) is 6.42 Å². The van der Waals surface area contributed by atoms with Gasteiger partial charge >= 0.3 is 0 Å². The average molecular weight is 412 g/mol. The first-order chi connectivity index (χ1) is 14.5. The molecule has 2 aromatic rings. The first-order valence-corrected chi connectivity index (χ1v) is 10.4. The molecule has 30 heavy (non-hydrogen) atoms. The van der Waals surface area contributed by atoms with Crippen molar-refractivity contribution in [3.63, 3.8) is 0 Å². The standard InChI is InChI=1S/C21H31BN5O3/c1-15(28)21-25-19(12-26(21)2)17-6-4-16(5-7-17)10-18(22-30-14-23)11-24-20(29)13-27-8-3-9-27/h4-7,12,15,18,28H,3,8-11,13-14,23H2,1-2H3,(H,24,29). The number of benzene rings is 1. The number of imidazole rings is 1. The summed E-state index contributed by atoms with van der Waals surface area (Å²) >= 11 is 0. The highest BCUT2D eigenvalue weighted by molar-refractivity contribution is 6.29. The van der Waals surface area contributed by atoms with E-state index in [0.29, 0.717) is 18.9 Å². The largest absolute Gasteiger partial charge is 0.428 e. The number of carbonyl (C=O) groups is 1. The van der Waals surface area contributed by atoms with Crippen molar-refractivity contribution in [1.29, 1.82) is 0 Å². The summed E-state index contributed by atoms with van der Waals surface area (Å²) in [5.74, 6) is 0.702. The number of amides is 1. The maximum absolute atomic E-state index is 12.1. The van der Waals surface area contributed by atoms with E-state index in [1.807, 2.05) is 29.9 Å². The molecule has 1 aliphatic heterocycles. The molecule has 1 aliphatic rings. The Morgan fingerprint density at radius 1 is 1.37 bits per heavy atom. The van der Waals surface area contributed by atoms with Gasteiger partial charge in [-0.3, -0.25) is 9.69 Å². The lowest BCUT2D eigenvalue weighted by atomic mass is 9.75. The van der Waals surface area contributed by atoms with Crippen LogP contribution in [0.15, 0.2) is 30.5 Å². The van der Waals surface area contributed by atoms with Crippen molar-refractivity contribution in [2.45, 2.75) is 31.7 Å². The van der Waals surface area contributed by atoms with Crippen LogP contribution in [0, 0.1) is 0 Å². The molecule has 4 N–H and O–H groups in total. The number of nitrogens with zero attached hydrogens (tertiary/aromatic N) is 3. The molecule has 1 fully saturated rings. The molecule has 2 heterocycles. The van der Waals surface area contributed by atoms with Crippen molar-refractivity contribution in [3.8, 4) is 11.3 Å². The molecular formula is C21H31BN5O3. The summed E-state index contributed by atoms with van der Waals surface area (Å²) in [6.45, 7) is 4.78. The van der Waals surface area contributed by atoms with E-state index < -0.39 is 6.10 Å². The van der Waals surface area contributed by atoms with E-state index in [1.54, 1.807) is 14.4 Å². The first kappa shape index (κ1) is 22.5. The zero-order valence-electron chi connectivity index (χ0n) is 17.8. The number of hydrogen-bond donors (Lipinski definition) is 3. The summed E-state index contributed by atoms with van der Waals surface area (Å²) in [6, 6.07) is 8.15. The second-order valence-corrected chi connectivity index (χ2v) is 7.84. The Balaban J connectivity index is 1.58. The summed E-state index contributed by atoms with van der Waals surface area (Å²) in [5.41, 5.74) is 8.41. The van der Waals surface area contributed by atoms with Crippen molar-refractivity contribution in [2.75, 3.05) is 32.9 Å². The van der Waals surface area contributed by atoms with E-state index in [0.717, 1.165) is 36.3 Å². The van der Waals surface area contributed by atoms with Crippen molar-refractivity contribution in [2.24, 2.45) is 12.8 Å². The highest BCUT2D eigenvalue weighted by Crippen LogP contribution is 2.23. The number of aromatic nitrogens is 2. The third kappa shape index (κ3) is 6.15. The number of aryl methyl sites for hydroxylation is 1. The van der Waals surface area contributed by atoms with Gasteiger partial charge in [0.1, 0.15) is 11.9 Å². The second kappa shape index (κ2) is 10.7. The van der Waals surface area contributed by atoms with Gasteiger partial charge in [0.2, 0.25) is 5.91 Å². The Bertz CT molecular complexity index is 821. The van der Waals surface area contributed by atoms with Crippen LogP contribution in [0.25, 0.3) is 11.3 Å². The summed E-state index contributed by atoms with van der Waals surface area (Å²) in [6.07, 6.45) is 3.20. The molecule has 0 bridgehead atoms. The molecular weight excluding hydrogens is 381 g/mol. The predicted octanol–water partition coefficient (Wildman–Crippen LogP) is 0.845. The highest BCUT2D eigenvalue weighted by Gasteiger charge is 2.19.